The molecule has 1 aromatic carbocycles. The first kappa shape index (κ1) is 29.6. The molecule has 3 atom stereocenters. The second-order valence-electron chi connectivity index (χ2n) is 11.0. The molecule has 0 unspecified atom stereocenters. The van der Waals surface area contributed by atoms with Crippen LogP contribution in [0.5, 0.6) is 5.75 Å². The molecule has 0 aromatic heterocycles. The lowest BCUT2D eigenvalue weighted by Gasteiger charge is -2.37. The molecule has 2 rings (SSSR count). The van der Waals surface area contributed by atoms with Crippen molar-refractivity contribution >= 4 is 31.1 Å². The van der Waals surface area contributed by atoms with Gasteiger partial charge in [0.2, 0.25) is 0 Å². The minimum Gasteiger partial charge on any atom is -0.497 e. The van der Waals surface area contributed by atoms with Crippen LogP contribution in [0.25, 0.3) is 0 Å². The highest BCUT2D eigenvalue weighted by molar-refractivity contribution is 8.13. The fourth-order valence-corrected chi connectivity index (χ4v) is 5.62. The van der Waals surface area contributed by atoms with Gasteiger partial charge in [-0.2, -0.15) is 0 Å². The van der Waals surface area contributed by atoms with Gasteiger partial charge in [0.05, 0.1) is 13.2 Å². The molecule has 1 saturated heterocycles. The molecule has 0 radical (unpaired) electrons. The summed E-state index contributed by atoms with van der Waals surface area (Å²) in [5, 5.41) is 10.5. The van der Waals surface area contributed by atoms with Gasteiger partial charge in [-0.1, -0.05) is 57.7 Å². The molecule has 1 amide bonds. The summed E-state index contributed by atoms with van der Waals surface area (Å²) in [6.07, 6.45) is 4.74. The number of hydrogen-bond acceptors (Lipinski definition) is 6. The summed E-state index contributed by atoms with van der Waals surface area (Å²) in [4.78, 5) is 26.8. The number of aliphatic hydroxyl groups is 1. The molecular formula is C27H43NO5SSi. The number of carbonyl (C=O) groups is 2. The van der Waals surface area contributed by atoms with Crippen molar-refractivity contribution < 1.29 is 23.9 Å². The van der Waals surface area contributed by atoms with E-state index >= 15 is 0 Å². The van der Waals surface area contributed by atoms with Crippen LogP contribution in [0, 0.1) is 5.92 Å². The maximum atomic E-state index is 12.8. The molecule has 0 saturated carbocycles. The smallest absolute Gasteiger partial charge is 0.282 e. The second kappa shape index (κ2) is 13.1. The Morgan fingerprint density at radius 2 is 1.91 bits per heavy atom. The first-order valence-electron chi connectivity index (χ1n) is 12.4. The third-order valence-electron chi connectivity index (χ3n) is 7.03. The van der Waals surface area contributed by atoms with Crippen LogP contribution in [0.1, 0.15) is 52.5 Å². The van der Waals surface area contributed by atoms with Crippen molar-refractivity contribution in [1.29, 1.82) is 0 Å². The third-order valence-corrected chi connectivity index (χ3v) is 12.5. The van der Waals surface area contributed by atoms with Crippen LogP contribution in [-0.4, -0.2) is 61.0 Å². The van der Waals surface area contributed by atoms with Crippen molar-refractivity contribution in [3.63, 3.8) is 0 Å². The van der Waals surface area contributed by atoms with Crippen molar-refractivity contribution in [3.05, 3.63) is 42.0 Å². The predicted molar refractivity (Wildman–Crippen MR) is 146 cm³/mol. The molecule has 1 aromatic rings. The Balaban J connectivity index is 1.78. The molecule has 0 bridgehead atoms. The van der Waals surface area contributed by atoms with E-state index in [1.165, 1.54) is 17.8 Å². The van der Waals surface area contributed by atoms with Gasteiger partial charge in [0.1, 0.15) is 11.8 Å². The Bertz CT molecular complexity index is 865. The highest BCUT2D eigenvalue weighted by Gasteiger charge is 2.37. The number of hydrogen-bond donors (Lipinski definition) is 1. The van der Waals surface area contributed by atoms with E-state index in [2.05, 4.69) is 40.8 Å². The number of amides is 1. The van der Waals surface area contributed by atoms with Crippen LogP contribution >= 0.6 is 11.8 Å². The first-order chi connectivity index (χ1) is 16.3. The summed E-state index contributed by atoms with van der Waals surface area (Å²) in [6.45, 7) is 14.5. The molecular weight excluding hydrogens is 478 g/mol. The number of benzene rings is 1. The van der Waals surface area contributed by atoms with Gasteiger partial charge in [-0.25, -0.2) is 0 Å². The fraction of sp³-hybridized carbons (Fsp3) is 0.630. The maximum absolute atomic E-state index is 12.8. The van der Waals surface area contributed by atoms with Gasteiger partial charge >= 0.3 is 0 Å². The molecule has 0 spiro atoms. The van der Waals surface area contributed by atoms with Crippen molar-refractivity contribution in [3.8, 4) is 5.75 Å². The third kappa shape index (κ3) is 9.08. The molecule has 1 heterocycles. The lowest BCUT2D eigenvalue weighted by molar-refractivity contribution is -0.117. The molecule has 1 aliphatic rings. The van der Waals surface area contributed by atoms with Crippen molar-refractivity contribution in [2.75, 3.05) is 19.5 Å². The average molecular weight is 522 g/mol. The lowest BCUT2D eigenvalue weighted by atomic mass is 10.0. The van der Waals surface area contributed by atoms with Gasteiger partial charge < -0.3 is 19.2 Å². The topological polar surface area (TPSA) is 76.1 Å². The zero-order valence-electron chi connectivity index (χ0n) is 22.4. The fourth-order valence-electron chi connectivity index (χ4n) is 3.49. The Morgan fingerprint density at radius 1 is 1.26 bits per heavy atom. The first-order valence-corrected chi connectivity index (χ1v) is 16.3. The number of thioether (sulfide) groups is 1. The van der Waals surface area contributed by atoms with E-state index in [0.717, 1.165) is 24.3 Å². The van der Waals surface area contributed by atoms with E-state index in [0.29, 0.717) is 31.1 Å². The summed E-state index contributed by atoms with van der Waals surface area (Å²) in [6, 6.07) is 7.03. The normalized spacial score (nSPS) is 18.8. The Hall–Kier alpha value is -1.61. The molecule has 8 heteroatoms. The minimum absolute atomic E-state index is 0.0819. The molecule has 1 N–H and O–H groups in total. The summed E-state index contributed by atoms with van der Waals surface area (Å²) in [7, 11) is -0.147. The highest BCUT2D eigenvalue weighted by atomic mass is 32.2. The standard InChI is InChI=1S/C27H43NO5SSi/c1-20(18-33-35(6,7)27(2,3)4)11-14-22(29)9-8-10-25(30)24-19-34-26(31)28(24)17-21-12-15-23(32-5)16-13-21/h8,10,12-13,15-16,20,22,24,29H,9,11,14,17-19H2,1-7H3/b10-8+/t20-,22-,24+/m0/s1. The number of carbonyl (C=O) groups excluding carboxylic acids is 2. The Kier molecular flexibility index (Phi) is 11.1. The lowest BCUT2D eigenvalue weighted by Crippen LogP contribution is -2.41. The monoisotopic (exact) mass is 521 g/mol. The number of ketones is 1. The number of nitrogens with zero attached hydrogens (tertiary/aromatic N) is 1. The SMILES string of the molecule is COc1ccc(CN2C(=O)SC[C@@H]2C(=O)/C=C/C[C@H](O)CC[C@H](C)CO[Si](C)(C)C(C)(C)C)cc1. The van der Waals surface area contributed by atoms with Crippen LogP contribution in [0.4, 0.5) is 4.79 Å². The van der Waals surface area contributed by atoms with Gasteiger partial charge in [-0.05, 0) is 67.1 Å². The van der Waals surface area contributed by atoms with Gasteiger partial charge in [0, 0.05) is 18.9 Å². The van der Waals surface area contributed by atoms with Crippen LogP contribution in [0.2, 0.25) is 18.1 Å². The average Bonchev–Trinajstić information content (AvgIpc) is 3.16. The van der Waals surface area contributed by atoms with E-state index in [4.69, 9.17) is 9.16 Å². The quantitative estimate of drug-likeness (QED) is 0.252. The molecule has 1 fully saturated rings. The van der Waals surface area contributed by atoms with Gasteiger partial charge in [-0.3, -0.25) is 9.59 Å². The number of methoxy groups -OCH3 is 1. The summed E-state index contributed by atoms with van der Waals surface area (Å²) < 4.78 is 11.5. The van der Waals surface area contributed by atoms with Gasteiger partial charge in [0.25, 0.3) is 5.24 Å². The highest BCUT2D eigenvalue weighted by Crippen LogP contribution is 2.37. The number of rotatable bonds is 13. The Morgan fingerprint density at radius 3 is 2.51 bits per heavy atom. The largest absolute Gasteiger partial charge is 0.497 e. The zero-order chi connectivity index (χ0) is 26.2. The maximum Gasteiger partial charge on any atom is 0.282 e. The van der Waals surface area contributed by atoms with Gasteiger partial charge in [-0.15, -0.1) is 0 Å². The van der Waals surface area contributed by atoms with Crippen molar-refractivity contribution in [2.24, 2.45) is 5.92 Å². The number of aliphatic hydroxyl groups excluding tert-OH is 1. The van der Waals surface area contributed by atoms with E-state index in [1.54, 1.807) is 18.1 Å². The summed E-state index contributed by atoms with van der Waals surface area (Å²) in [5.41, 5.74) is 0.950. The summed E-state index contributed by atoms with van der Waals surface area (Å²) >= 11 is 1.18. The molecule has 6 nitrogen and oxygen atoms in total. The Labute approximate surface area is 216 Å². The van der Waals surface area contributed by atoms with Crippen LogP contribution in [0.3, 0.4) is 0 Å². The van der Waals surface area contributed by atoms with E-state index in [-0.39, 0.29) is 16.1 Å². The number of ether oxygens (including phenoxy) is 1. The molecule has 0 aliphatic carbocycles. The van der Waals surface area contributed by atoms with Gasteiger partial charge in [0.15, 0.2) is 14.1 Å². The zero-order valence-corrected chi connectivity index (χ0v) is 24.2. The molecule has 196 valence electrons. The van der Waals surface area contributed by atoms with Crippen LogP contribution in [0.15, 0.2) is 36.4 Å². The molecule has 1 aliphatic heterocycles. The predicted octanol–water partition coefficient (Wildman–Crippen LogP) is 6.05. The van der Waals surface area contributed by atoms with Crippen molar-refractivity contribution in [2.45, 2.75) is 83.8 Å². The van der Waals surface area contributed by atoms with E-state index < -0.39 is 20.5 Å². The molecule has 35 heavy (non-hydrogen) atoms. The van der Waals surface area contributed by atoms with Crippen LogP contribution in [-0.2, 0) is 15.8 Å². The summed E-state index contributed by atoms with van der Waals surface area (Å²) in [5.74, 6) is 1.48. The minimum atomic E-state index is -1.76. The van der Waals surface area contributed by atoms with Crippen LogP contribution < -0.4 is 4.74 Å². The van der Waals surface area contributed by atoms with Crippen molar-refractivity contribution in [1.82, 2.24) is 4.90 Å². The van der Waals surface area contributed by atoms with E-state index in [9.17, 15) is 14.7 Å². The second-order valence-corrected chi connectivity index (χ2v) is 16.8. The van der Waals surface area contributed by atoms with E-state index in [1.807, 2.05) is 24.3 Å².